The minimum atomic E-state index is -5.08. The van der Waals surface area contributed by atoms with Gasteiger partial charge in [-0.25, -0.2) is 4.79 Å². The summed E-state index contributed by atoms with van der Waals surface area (Å²) in [6, 6.07) is 7.81. The van der Waals surface area contributed by atoms with Crippen LogP contribution in [0.1, 0.15) is 42.6 Å². The van der Waals surface area contributed by atoms with Crippen molar-refractivity contribution in [2.45, 2.75) is 45.3 Å². The topological polar surface area (TPSA) is 90.0 Å². The number of carbonyl (C=O) groups excluding carboxylic acids is 2. The number of benzene rings is 1. The molecule has 3 aliphatic rings. The molecule has 7 nitrogen and oxygen atoms in total. The molecule has 2 atom stereocenters. The van der Waals surface area contributed by atoms with Crippen molar-refractivity contribution >= 4 is 17.8 Å². The summed E-state index contributed by atoms with van der Waals surface area (Å²) in [5, 5.41) is 10.5. The first kappa shape index (κ1) is 26.0. The zero-order valence-corrected chi connectivity index (χ0v) is 19.7. The number of fused-ring (bicyclic) bond motifs is 2. The highest BCUT2D eigenvalue weighted by Gasteiger charge is 2.57. The smallest absolute Gasteiger partial charge is 0.475 e. The van der Waals surface area contributed by atoms with Crippen LogP contribution < -0.4 is 5.32 Å². The van der Waals surface area contributed by atoms with E-state index in [1.54, 1.807) is 0 Å². The highest BCUT2D eigenvalue weighted by atomic mass is 19.4. The molecule has 0 aromatic heterocycles. The average molecular weight is 484 g/mol. The van der Waals surface area contributed by atoms with Gasteiger partial charge in [0.05, 0.1) is 5.92 Å². The predicted octanol–water partition coefficient (Wildman–Crippen LogP) is 2.94. The van der Waals surface area contributed by atoms with Crippen molar-refractivity contribution in [1.82, 2.24) is 15.1 Å². The minimum absolute atomic E-state index is 0.113. The van der Waals surface area contributed by atoms with E-state index < -0.39 is 12.1 Å². The van der Waals surface area contributed by atoms with Crippen molar-refractivity contribution in [2.24, 2.45) is 17.8 Å². The van der Waals surface area contributed by atoms with E-state index in [2.05, 4.69) is 24.1 Å². The van der Waals surface area contributed by atoms with Crippen LogP contribution in [0.25, 0.3) is 0 Å². The third-order valence-corrected chi connectivity index (χ3v) is 6.89. The summed E-state index contributed by atoms with van der Waals surface area (Å²) in [5.74, 6) is -1.28. The van der Waals surface area contributed by atoms with Gasteiger partial charge in [-0.3, -0.25) is 9.59 Å². The molecule has 2 amide bonds. The Morgan fingerprint density at radius 1 is 1.21 bits per heavy atom. The second-order valence-corrected chi connectivity index (χ2v) is 9.94. The number of carboxylic acid groups (broad SMARTS) is 1. The fourth-order valence-electron chi connectivity index (χ4n) is 5.37. The number of alkyl halides is 3. The number of hydrogen-bond donors (Lipinski definition) is 2. The number of amides is 2. The van der Waals surface area contributed by atoms with Crippen molar-refractivity contribution in [3.63, 3.8) is 0 Å². The van der Waals surface area contributed by atoms with Crippen LogP contribution in [0.3, 0.4) is 0 Å². The highest BCUT2D eigenvalue weighted by Crippen LogP contribution is 2.44. The second kappa shape index (κ2) is 9.93. The molecule has 0 radical (unpaired) electrons. The molecule has 4 rings (SSSR count). The number of carbonyl (C=O) groups is 3. The predicted molar refractivity (Wildman–Crippen MR) is 119 cm³/mol. The molecule has 1 aromatic rings. The molecule has 2 N–H and O–H groups in total. The molecular weight excluding hydrogens is 451 g/mol. The van der Waals surface area contributed by atoms with E-state index >= 15 is 0 Å². The molecule has 3 heterocycles. The zero-order valence-electron chi connectivity index (χ0n) is 19.7. The highest BCUT2D eigenvalue weighted by molar-refractivity contribution is 5.94. The molecule has 3 aliphatic heterocycles. The van der Waals surface area contributed by atoms with Crippen molar-refractivity contribution in [3.8, 4) is 0 Å². The van der Waals surface area contributed by atoms with Gasteiger partial charge in [0.1, 0.15) is 0 Å². The molecule has 10 heteroatoms. The Hall–Kier alpha value is -2.62. The number of carboxylic acids is 1. The summed E-state index contributed by atoms with van der Waals surface area (Å²) in [6.07, 6.45) is -3.35. The first-order valence-corrected chi connectivity index (χ1v) is 11.5. The summed E-state index contributed by atoms with van der Waals surface area (Å²) < 4.78 is 31.7. The number of aliphatic carboxylic acids is 1. The first-order chi connectivity index (χ1) is 15.8. The maximum absolute atomic E-state index is 12.9. The third kappa shape index (κ3) is 5.71. The normalized spacial score (nSPS) is 24.0. The standard InChI is InChI=1S/C22H31N3O2.C2HF3O2/c1-15(2)12-24-13-18-19(14-24)22(23-20(18)26)7-9-25(10-8-22)21(27)17-6-4-5-16(3)11-17;3-2(4,5)1(6)7/h4-6,11,15,18-19H,7-10,12-14H2,1-3H3,(H,23,26);(H,6,7)/t18-,19+;/m1./s1. The molecule has 0 unspecified atom stereocenters. The summed E-state index contributed by atoms with van der Waals surface area (Å²) >= 11 is 0. The van der Waals surface area contributed by atoms with E-state index in [4.69, 9.17) is 9.90 Å². The van der Waals surface area contributed by atoms with Crippen LogP contribution in [-0.2, 0) is 9.59 Å². The first-order valence-electron chi connectivity index (χ1n) is 11.5. The Labute approximate surface area is 197 Å². The quantitative estimate of drug-likeness (QED) is 0.690. The van der Waals surface area contributed by atoms with Gasteiger partial charge in [-0.2, -0.15) is 13.2 Å². The lowest BCUT2D eigenvalue weighted by Crippen LogP contribution is -2.56. The van der Waals surface area contributed by atoms with Gasteiger partial charge in [-0.15, -0.1) is 0 Å². The zero-order chi connectivity index (χ0) is 25.3. The van der Waals surface area contributed by atoms with Gasteiger partial charge in [-0.05, 0) is 37.8 Å². The average Bonchev–Trinajstić information content (AvgIpc) is 3.26. The van der Waals surface area contributed by atoms with E-state index in [-0.39, 0.29) is 23.3 Å². The number of nitrogens with zero attached hydrogens (tertiary/aromatic N) is 2. The summed E-state index contributed by atoms with van der Waals surface area (Å²) in [6.45, 7) is 10.9. The van der Waals surface area contributed by atoms with Gasteiger partial charge in [0, 0.05) is 49.7 Å². The van der Waals surface area contributed by atoms with Gasteiger partial charge in [0.2, 0.25) is 5.91 Å². The van der Waals surface area contributed by atoms with Crippen molar-refractivity contribution < 1.29 is 32.7 Å². The number of hydrogen-bond acceptors (Lipinski definition) is 4. The number of halogens is 3. The van der Waals surface area contributed by atoms with E-state index in [0.717, 1.165) is 56.7 Å². The van der Waals surface area contributed by atoms with Crippen LogP contribution in [0.5, 0.6) is 0 Å². The van der Waals surface area contributed by atoms with E-state index in [0.29, 0.717) is 11.8 Å². The van der Waals surface area contributed by atoms with Gasteiger partial charge in [0.15, 0.2) is 0 Å². The Balaban J connectivity index is 0.000000406. The lowest BCUT2D eigenvalue weighted by Gasteiger charge is -2.43. The summed E-state index contributed by atoms with van der Waals surface area (Å²) in [7, 11) is 0. The molecule has 0 saturated carbocycles. The van der Waals surface area contributed by atoms with Gasteiger partial charge >= 0.3 is 12.1 Å². The van der Waals surface area contributed by atoms with Gasteiger partial charge < -0.3 is 20.2 Å². The maximum Gasteiger partial charge on any atom is 0.490 e. The molecule has 188 valence electrons. The van der Waals surface area contributed by atoms with E-state index in [1.807, 2.05) is 36.1 Å². The Morgan fingerprint density at radius 3 is 2.35 bits per heavy atom. The van der Waals surface area contributed by atoms with Crippen molar-refractivity contribution in [2.75, 3.05) is 32.7 Å². The molecular formula is C24H32F3N3O4. The largest absolute Gasteiger partial charge is 0.490 e. The molecule has 3 saturated heterocycles. The van der Waals surface area contributed by atoms with Crippen LogP contribution in [0, 0.1) is 24.7 Å². The monoisotopic (exact) mass is 483 g/mol. The van der Waals surface area contributed by atoms with Crippen molar-refractivity contribution in [3.05, 3.63) is 35.4 Å². The number of piperidine rings is 1. The lowest BCUT2D eigenvalue weighted by molar-refractivity contribution is -0.192. The fraction of sp³-hybridized carbons (Fsp3) is 0.625. The van der Waals surface area contributed by atoms with Gasteiger partial charge in [0.25, 0.3) is 5.91 Å². The lowest BCUT2D eigenvalue weighted by atomic mass is 9.75. The molecule has 34 heavy (non-hydrogen) atoms. The summed E-state index contributed by atoms with van der Waals surface area (Å²) in [4.78, 5) is 38.8. The van der Waals surface area contributed by atoms with Gasteiger partial charge in [-0.1, -0.05) is 31.5 Å². The van der Waals surface area contributed by atoms with E-state index in [1.165, 1.54) is 0 Å². The third-order valence-electron chi connectivity index (χ3n) is 6.89. The molecule has 3 fully saturated rings. The number of likely N-dealkylation sites (tertiary alicyclic amines) is 2. The fourth-order valence-corrected chi connectivity index (χ4v) is 5.37. The minimum Gasteiger partial charge on any atom is -0.475 e. The SMILES string of the molecule is Cc1cccc(C(=O)N2CCC3(CC2)NC(=O)[C@@H]2CN(CC(C)C)C[C@@H]23)c1.O=C(O)C(F)(F)F. The van der Waals surface area contributed by atoms with Crippen LogP contribution in [0.15, 0.2) is 24.3 Å². The number of rotatable bonds is 3. The molecule has 0 bridgehead atoms. The van der Waals surface area contributed by atoms with Crippen molar-refractivity contribution in [1.29, 1.82) is 0 Å². The molecule has 0 aliphatic carbocycles. The second-order valence-electron chi connectivity index (χ2n) is 9.94. The summed E-state index contributed by atoms with van der Waals surface area (Å²) in [5.41, 5.74) is 1.76. The number of aryl methyl sites for hydroxylation is 1. The van der Waals surface area contributed by atoms with E-state index in [9.17, 15) is 22.8 Å². The Kier molecular flexibility index (Phi) is 7.59. The van der Waals surface area contributed by atoms with Crippen LogP contribution in [0.4, 0.5) is 13.2 Å². The Bertz CT molecular complexity index is 926. The maximum atomic E-state index is 12.9. The molecule has 1 spiro atoms. The number of nitrogens with one attached hydrogen (secondary N) is 1. The Morgan fingerprint density at radius 2 is 1.82 bits per heavy atom. The molecule has 1 aromatic carbocycles. The van der Waals surface area contributed by atoms with Crippen LogP contribution >= 0.6 is 0 Å². The van der Waals surface area contributed by atoms with Crippen LogP contribution in [0.2, 0.25) is 0 Å². The van der Waals surface area contributed by atoms with Crippen LogP contribution in [-0.4, -0.2) is 77.1 Å².